The molecular weight excluding hydrogens is 415 g/mol. The zero-order valence-electron chi connectivity index (χ0n) is 15.8. The van der Waals surface area contributed by atoms with E-state index in [1.54, 1.807) is 24.4 Å². The minimum Gasteiger partial charge on any atom is -0.469 e. The summed E-state index contributed by atoms with van der Waals surface area (Å²) in [6.45, 7) is 0.376. The van der Waals surface area contributed by atoms with Crippen LogP contribution < -0.4 is 15.5 Å². The first kappa shape index (κ1) is 20.5. The molecule has 4 rings (SSSR count). The van der Waals surface area contributed by atoms with E-state index in [-0.39, 0.29) is 30.5 Å². The van der Waals surface area contributed by atoms with Gasteiger partial charge in [-0.2, -0.15) is 18.2 Å². The normalized spacial score (nSPS) is 14.0. The van der Waals surface area contributed by atoms with Gasteiger partial charge < -0.3 is 14.8 Å². The number of hydrogen-bond acceptors (Lipinski definition) is 8. The molecule has 0 aromatic carbocycles. The number of aromatic nitrogens is 4. The van der Waals surface area contributed by atoms with Crippen LogP contribution >= 0.6 is 0 Å². The van der Waals surface area contributed by atoms with E-state index in [0.29, 0.717) is 17.4 Å². The van der Waals surface area contributed by atoms with Crippen LogP contribution in [0.3, 0.4) is 0 Å². The van der Waals surface area contributed by atoms with Crippen molar-refractivity contribution in [2.24, 2.45) is 0 Å². The van der Waals surface area contributed by atoms with Gasteiger partial charge in [0.25, 0.3) is 0 Å². The molecule has 0 unspecified atom stereocenters. The standard InChI is InChI=1S/C19H16F3N7O2/c20-19(21,22)14-8-26-18(28-17(14)31-13-9-30-10-13)27-12-5-11(6-25-7-12)16(24)29-4-2-1-3-15(29)23/h1-8,13,23-24H,9-10H2,(H,26,27,28). The Morgan fingerprint density at radius 1 is 1.23 bits per heavy atom. The van der Waals surface area contributed by atoms with Gasteiger partial charge in [0, 0.05) is 24.2 Å². The second-order valence-corrected chi connectivity index (χ2v) is 6.58. The average Bonchev–Trinajstić information content (AvgIpc) is 2.70. The zero-order valence-corrected chi connectivity index (χ0v) is 15.8. The molecule has 0 aliphatic carbocycles. The second kappa shape index (κ2) is 8.14. The van der Waals surface area contributed by atoms with Crippen molar-refractivity contribution >= 4 is 17.5 Å². The van der Waals surface area contributed by atoms with Gasteiger partial charge in [0.2, 0.25) is 11.8 Å². The Balaban J connectivity index is 1.60. The van der Waals surface area contributed by atoms with Crippen molar-refractivity contribution < 1.29 is 22.6 Å². The lowest BCUT2D eigenvalue weighted by Gasteiger charge is -2.27. The molecule has 0 radical (unpaired) electrons. The van der Waals surface area contributed by atoms with Crippen molar-refractivity contribution in [1.29, 1.82) is 10.8 Å². The summed E-state index contributed by atoms with van der Waals surface area (Å²) in [7, 11) is 0. The highest BCUT2D eigenvalue weighted by atomic mass is 19.4. The van der Waals surface area contributed by atoms with Gasteiger partial charge in [0.05, 0.1) is 25.1 Å². The summed E-state index contributed by atoms with van der Waals surface area (Å²) in [4.78, 5) is 11.6. The molecule has 0 atom stereocenters. The summed E-state index contributed by atoms with van der Waals surface area (Å²) in [5.74, 6) is -0.708. The first-order chi connectivity index (χ1) is 14.8. The molecule has 0 bridgehead atoms. The molecule has 31 heavy (non-hydrogen) atoms. The van der Waals surface area contributed by atoms with Gasteiger partial charge in [-0.25, -0.2) is 4.98 Å². The summed E-state index contributed by atoms with van der Waals surface area (Å²) in [6.07, 6.45) is -0.110. The van der Waals surface area contributed by atoms with E-state index in [1.165, 1.54) is 23.0 Å². The number of nitrogens with zero attached hydrogens (tertiary/aromatic N) is 4. The minimum absolute atomic E-state index is 0.00379. The smallest absolute Gasteiger partial charge is 0.423 e. The number of rotatable bonds is 5. The highest BCUT2D eigenvalue weighted by Crippen LogP contribution is 2.36. The third-order valence-corrected chi connectivity index (χ3v) is 4.31. The summed E-state index contributed by atoms with van der Waals surface area (Å²) < 4.78 is 51.3. The molecule has 4 heterocycles. The van der Waals surface area contributed by atoms with E-state index >= 15 is 0 Å². The summed E-state index contributed by atoms with van der Waals surface area (Å²) in [5.41, 5.74) is -0.242. The number of nitrogens with one attached hydrogen (secondary N) is 3. The Morgan fingerprint density at radius 2 is 2.03 bits per heavy atom. The fourth-order valence-electron chi connectivity index (χ4n) is 2.69. The highest BCUT2D eigenvalue weighted by Gasteiger charge is 2.37. The van der Waals surface area contributed by atoms with Crippen molar-refractivity contribution in [2.75, 3.05) is 18.5 Å². The molecule has 1 aliphatic rings. The molecule has 1 fully saturated rings. The molecule has 0 spiro atoms. The molecule has 3 aromatic heterocycles. The highest BCUT2D eigenvalue weighted by molar-refractivity contribution is 5.98. The van der Waals surface area contributed by atoms with E-state index in [4.69, 9.17) is 20.3 Å². The van der Waals surface area contributed by atoms with Crippen LogP contribution in [0, 0.1) is 10.8 Å². The minimum atomic E-state index is -4.67. The maximum Gasteiger partial charge on any atom is 0.423 e. The molecular formula is C19H16F3N7O2. The topological polar surface area (TPSA) is 122 Å². The lowest BCUT2D eigenvalue weighted by molar-refractivity contribution is -0.142. The fraction of sp³-hybridized carbons (Fsp3) is 0.211. The number of ether oxygens (including phenoxy) is 2. The van der Waals surface area contributed by atoms with E-state index in [0.717, 1.165) is 0 Å². The molecule has 12 heteroatoms. The van der Waals surface area contributed by atoms with Crippen LogP contribution in [0.1, 0.15) is 11.1 Å². The van der Waals surface area contributed by atoms with Crippen molar-refractivity contribution in [3.05, 3.63) is 65.7 Å². The van der Waals surface area contributed by atoms with Crippen molar-refractivity contribution in [2.45, 2.75) is 12.3 Å². The van der Waals surface area contributed by atoms with Gasteiger partial charge in [-0.1, -0.05) is 6.07 Å². The number of hydrogen-bond donors (Lipinski definition) is 3. The average molecular weight is 431 g/mol. The van der Waals surface area contributed by atoms with Crippen molar-refractivity contribution in [1.82, 2.24) is 19.5 Å². The van der Waals surface area contributed by atoms with Crippen LogP contribution in [0.15, 0.2) is 49.1 Å². The molecule has 1 aliphatic heterocycles. The molecule has 1 saturated heterocycles. The Labute approximate surface area is 173 Å². The third kappa shape index (κ3) is 4.53. The monoisotopic (exact) mass is 431 g/mol. The number of alkyl halides is 3. The Kier molecular flexibility index (Phi) is 5.38. The Morgan fingerprint density at radius 3 is 2.71 bits per heavy atom. The van der Waals surface area contributed by atoms with Gasteiger partial charge >= 0.3 is 6.18 Å². The SMILES string of the molecule is N=C(c1cncc(Nc2ncc(C(F)(F)F)c(OC3COC3)n2)c1)n1ccccc1=N. The largest absolute Gasteiger partial charge is 0.469 e. The van der Waals surface area contributed by atoms with Gasteiger partial charge in [-0.15, -0.1) is 0 Å². The van der Waals surface area contributed by atoms with E-state index < -0.39 is 23.7 Å². The molecule has 0 amide bonds. The maximum absolute atomic E-state index is 13.3. The van der Waals surface area contributed by atoms with Crippen LogP contribution in [0.2, 0.25) is 0 Å². The quantitative estimate of drug-likeness (QED) is 0.422. The number of halogens is 3. The predicted molar refractivity (Wildman–Crippen MR) is 102 cm³/mol. The van der Waals surface area contributed by atoms with E-state index in [1.807, 2.05) is 0 Å². The lowest BCUT2D eigenvalue weighted by atomic mass is 10.2. The van der Waals surface area contributed by atoms with E-state index in [2.05, 4.69) is 20.3 Å². The van der Waals surface area contributed by atoms with Gasteiger partial charge in [-0.3, -0.25) is 20.4 Å². The fourth-order valence-corrected chi connectivity index (χ4v) is 2.69. The van der Waals surface area contributed by atoms with Gasteiger partial charge in [0.1, 0.15) is 23.0 Å². The van der Waals surface area contributed by atoms with Crippen LogP contribution in [-0.4, -0.2) is 44.7 Å². The second-order valence-electron chi connectivity index (χ2n) is 6.58. The summed E-state index contributed by atoms with van der Waals surface area (Å²) >= 11 is 0. The zero-order chi connectivity index (χ0) is 22.0. The molecule has 160 valence electrons. The van der Waals surface area contributed by atoms with Crippen molar-refractivity contribution in [3.63, 3.8) is 0 Å². The Bertz CT molecular complexity index is 1180. The first-order valence-corrected chi connectivity index (χ1v) is 9.03. The van der Waals surface area contributed by atoms with Crippen LogP contribution in [0.5, 0.6) is 5.88 Å². The predicted octanol–water partition coefficient (Wildman–Crippen LogP) is 2.57. The Hall–Kier alpha value is -3.80. The molecule has 9 nitrogen and oxygen atoms in total. The summed E-state index contributed by atoms with van der Waals surface area (Å²) in [6, 6.07) is 6.46. The third-order valence-electron chi connectivity index (χ3n) is 4.31. The number of pyridine rings is 2. The molecule has 0 saturated carbocycles. The summed E-state index contributed by atoms with van der Waals surface area (Å²) in [5, 5.41) is 19.0. The van der Waals surface area contributed by atoms with Crippen molar-refractivity contribution in [3.8, 4) is 5.88 Å². The lowest BCUT2D eigenvalue weighted by Crippen LogP contribution is -2.39. The van der Waals surface area contributed by atoms with Crippen LogP contribution in [-0.2, 0) is 10.9 Å². The van der Waals surface area contributed by atoms with E-state index in [9.17, 15) is 13.2 Å². The van der Waals surface area contributed by atoms with Crippen LogP contribution in [0.25, 0.3) is 0 Å². The molecule has 3 aromatic rings. The molecule has 3 N–H and O–H groups in total. The van der Waals surface area contributed by atoms with Gasteiger partial charge in [-0.05, 0) is 18.2 Å². The van der Waals surface area contributed by atoms with Gasteiger partial charge in [0.15, 0.2) is 0 Å². The first-order valence-electron chi connectivity index (χ1n) is 9.03. The maximum atomic E-state index is 13.3. The number of anilines is 2. The van der Waals surface area contributed by atoms with Crippen LogP contribution in [0.4, 0.5) is 24.8 Å².